The fourth-order valence-electron chi connectivity index (χ4n) is 9.24. The van der Waals surface area contributed by atoms with Crippen molar-refractivity contribution < 1.29 is 0 Å². The van der Waals surface area contributed by atoms with Gasteiger partial charge in [0, 0.05) is 23.2 Å². The molecule has 1 unspecified atom stereocenters. The normalized spacial score (nSPS) is 14.2. The molecule has 0 N–H and O–H groups in total. The zero-order valence-corrected chi connectivity index (χ0v) is 33.7. The quantitative estimate of drug-likeness (QED) is 0.116. The number of rotatable bonds is 7. The van der Waals surface area contributed by atoms with Gasteiger partial charge in [-0.1, -0.05) is 194 Å². The number of hydrogen-bond donors (Lipinski definition) is 0. The van der Waals surface area contributed by atoms with E-state index in [0.29, 0.717) is 0 Å². The van der Waals surface area contributed by atoms with Crippen molar-refractivity contribution in [2.45, 2.75) is 12.3 Å². The van der Waals surface area contributed by atoms with Gasteiger partial charge in [-0.3, -0.25) is 4.40 Å². The van der Waals surface area contributed by atoms with Gasteiger partial charge < -0.3 is 0 Å². The Balaban J connectivity index is 1.09. The van der Waals surface area contributed by atoms with E-state index in [1.807, 2.05) is 6.07 Å². The van der Waals surface area contributed by atoms with Crippen molar-refractivity contribution in [3.8, 4) is 44.8 Å². The smallest absolute Gasteiger partial charge is 0.137 e. The Morgan fingerprint density at radius 1 is 0.475 bits per heavy atom. The predicted molar refractivity (Wildman–Crippen MR) is 257 cm³/mol. The maximum atomic E-state index is 5.16. The zero-order valence-electron chi connectivity index (χ0n) is 33.7. The van der Waals surface area contributed by atoms with Gasteiger partial charge in [-0.15, -0.1) is 0 Å². The highest BCUT2D eigenvalue weighted by Crippen LogP contribution is 2.43. The zero-order chi connectivity index (χ0) is 40.7. The van der Waals surface area contributed by atoms with Gasteiger partial charge in [-0.2, -0.15) is 0 Å². The van der Waals surface area contributed by atoms with E-state index in [1.54, 1.807) is 0 Å². The van der Waals surface area contributed by atoms with E-state index in [-0.39, 0.29) is 5.92 Å². The summed E-state index contributed by atoms with van der Waals surface area (Å²) in [4.78, 5) is 5.16. The Morgan fingerprint density at radius 2 is 1.08 bits per heavy atom. The van der Waals surface area contributed by atoms with Crippen LogP contribution in [0.5, 0.6) is 0 Å². The minimum Gasteiger partial charge on any atom is -0.299 e. The van der Waals surface area contributed by atoms with Gasteiger partial charge in [0.1, 0.15) is 5.65 Å². The minimum atomic E-state index is 0.0881. The average molecular weight is 779 g/mol. The molecule has 0 saturated heterocycles. The molecule has 2 aromatic heterocycles. The highest BCUT2D eigenvalue weighted by molar-refractivity contribution is 6.14. The van der Waals surface area contributed by atoms with Crippen LogP contribution < -0.4 is 0 Å². The monoisotopic (exact) mass is 778 g/mol. The maximum Gasteiger partial charge on any atom is 0.137 e. The molecule has 2 nitrogen and oxygen atoms in total. The van der Waals surface area contributed by atoms with Gasteiger partial charge in [0.15, 0.2) is 0 Å². The van der Waals surface area contributed by atoms with Crippen LogP contribution in [-0.2, 0) is 0 Å². The Bertz CT molecular complexity index is 3320. The molecule has 8 aromatic carbocycles. The lowest BCUT2D eigenvalue weighted by atomic mass is 9.86. The molecule has 0 aliphatic heterocycles. The highest BCUT2D eigenvalue weighted by atomic mass is 15.0. The van der Waals surface area contributed by atoms with Crippen molar-refractivity contribution >= 4 is 38.3 Å². The summed E-state index contributed by atoms with van der Waals surface area (Å²) in [5.41, 5.74) is 17.2. The van der Waals surface area contributed by atoms with Crippen molar-refractivity contribution in [1.29, 1.82) is 0 Å². The fourth-order valence-corrected chi connectivity index (χ4v) is 9.24. The third kappa shape index (κ3) is 6.79. The van der Waals surface area contributed by atoms with Crippen LogP contribution in [-0.4, -0.2) is 9.38 Å². The van der Waals surface area contributed by atoms with Crippen molar-refractivity contribution in [3.63, 3.8) is 0 Å². The Hall–Kier alpha value is -7.81. The van der Waals surface area contributed by atoms with Crippen LogP contribution in [0.4, 0.5) is 0 Å². The molecule has 0 fully saturated rings. The molecule has 2 heterocycles. The number of pyridine rings is 1. The van der Waals surface area contributed by atoms with Crippen LogP contribution in [0, 0.1) is 0 Å². The molecule has 0 saturated carbocycles. The third-order valence-corrected chi connectivity index (χ3v) is 12.3. The van der Waals surface area contributed by atoms with Crippen LogP contribution in [0.1, 0.15) is 29.0 Å². The maximum absolute atomic E-state index is 5.16. The number of allylic oxidation sites excluding steroid dienone is 5. The van der Waals surface area contributed by atoms with E-state index in [0.717, 1.165) is 45.7 Å². The summed E-state index contributed by atoms with van der Waals surface area (Å²) in [5.74, 6) is 0.0881. The van der Waals surface area contributed by atoms with E-state index in [4.69, 9.17) is 11.6 Å². The second kappa shape index (κ2) is 15.4. The standard InChI is InChI=1S/C59H42N2/c1-40-33-47(34-50(41-17-5-2-6-18-41)39-55(40)43-19-7-3-8-20-43)49-35-48(36-51(37-49)56-38-46-23-11-12-24-52(46)53-25-13-14-26-54(53)56)42-28-30-44(31-29-42)58-59(45-21-9-4-10-22-45)61-32-16-15-27-57(61)60-58/h2-32,34-39,55H,1,33H2. The lowest BCUT2D eigenvalue weighted by Crippen LogP contribution is -1.99. The highest BCUT2D eigenvalue weighted by Gasteiger charge is 2.22. The van der Waals surface area contributed by atoms with E-state index in [1.165, 1.54) is 66.1 Å². The number of hydrogen-bond acceptors (Lipinski definition) is 1. The SMILES string of the molecule is C=C1CC(c2cc(-c3ccc(-c4nc5ccccn5c4-c4ccccc4)cc3)cc(-c3cc4ccccc4c4ccccc34)c2)=CC(c2ccccc2)=CC1c1ccccc1. The molecule has 288 valence electrons. The molecular formula is C59H42N2. The summed E-state index contributed by atoms with van der Waals surface area (Å²) < 4.78 is 2.19. The lowest BCUT2D eigenvalue weighted by Gasteiger charge is -2.18. The van der Waals surface area contributed by atoms with Gasteiger partial charge in [0.05, 0.1) is 11.4 Å². The number of aromatic nitrogens is 2. The van der Waals surface area contributed by atoms with Crippen molar-refractivity contribution in [3.05, 3.63) is 253 Å². The molecule has 0 bridgehead atoms. The van der Waals surface area contributed by atoms with Crippen LogP contribution in [0.25, 0.3) is 83.1 Å². The first kappa shape index (κ1) is 36.3. The van der Waals surface area contributed by atoms with Crippen molar-refractivity contribution in [2.24, 2.45) is 0 Å². The predicted octanol–water partition coefficient (Wildman–Crippen LogP) is 15.5. The minimum absolute atomic E-state index is 0.0881. The first-order chi connectivity index (χ1) is 30.1. The summed E-state index contributed by atoms with van der Waals surface area (Å²) in [7, 11) is 0. The largest absolute Gasteiger partial charge is 0.299 e. The first-order valence-corrected chi connectivity index (χ1v) is 21.0. The second-order valence-electron chi connectivity index (χ2n) is 16.1. The summed E-state index contributed by atoms with van der Waals surface area (Å²) >= 11 is 0. The number of benzene rings is 8. The molecular weight excluding hydrogens is 737 g/mol. The first-order valence-electron chi connectivity index (χ1n) is 21.0. The van der Waals surface area contributed by atoms with E-state index in [9.17, 15) is 0 Å². The van der Waals surface area contributed by atoms with E-state index < -0.39 is 0 Å². The summed E-state index contributed by atoms with van der Waals surface area (Å²) in [5, 5.41) is 5.00. The third-order valence-electron chi connectivity index (χ3n) is 12.3. The second-order valence-corrected chi connectivity index (χ2v) is 16.1. The van der Waals surface area contributed by atoms with E-state index in [2.05, 4.69) is 223 Å². The van der Waals surface area contributed by atoms with Crippen molar-refractivity contribution in [2.75, 3.05) is 0 Å². The average Bonchev–Trinajstić information content (AvgIpc) is 3.63. The van der Waals surface area contributed by atoms with E-state index >= 15 is 0 Å². The molecule has 10 aromatic rings. The van der Waals surface area contributed by atoms with Crippen LogP contribution in [0.2, 0.25) is 0 Å². The van der Waals surface area contributed by atoms with Crippen LogP contribution in [0.15, 0.2) is 237 Å². The molecule has 11 rings (SSSR count). The van der Waals surface area contributed by atoms with Gasteiger partial charge in [0.2, 0.25) is 0 Å². The van der Waals surface area contributed by atoms with Crippen molar-refractivity contribution in [1.82, 2.24) is 9.38 Å². The van der Waals surface area contributed by atoms with Crippen LogP contribution in [0.3, 0.4) is 0 Å². The summed E-state index contributed by atoms with van der Waals surface area (Å²) in [6.45, 7) is 4.76. The Kier molecular flexibility index (Phi) is 9.17. The molecule has 1 aliphatic rings. The Morgan fingerprint density at radius 3 is 1.85 bits per heavy atom. The molecule has 0 radical (unpaired) electrons. The number of nitrogens with zero attached hydrogens (tertiary/aromatic N) is 2. The van der Waals surface area contributed by atoms with Gasteiger partial charge in [-0.25, -0.2) is 4.98 Å². The number of fused-ring (bicyclic) bond motifs is 4. The lowest BCUT2D eigenvalue weighted by molar-refractivity contribution is 0.966. The topological polar surface area (TPSA) is 17.3 Å². The molecule has 0 spiro atoms. The fraction of sp³-hybridized carbons (Fsp3) is 0.0339. The van der Waals surface area contributed by atoms with Gasteiger partial charge >= 0.3 is 0 Å². The summed E-state index contributed by atoms with van der Waals surface area (Å²) in [6, 6.07) is 74.4. The molecule has 0 amide bonds. The molecule has 1 atom stereocenters. The van der Waals surface area contributed by atoms with Gasteiger partial charge in [0.25, 0.3) is 0 Å². The molecule has 2 heteroatoms. The van der Waals surface area contributed by atoms with Gasteiger partial charge in [-0.05, 0) is 114 Å². The molecule has 61 heavy (non-hydrogen) atoms. The summed E-state index contributed by atoms with van der Waals surface area (Å²) in [6.07, 6.45) is 7.66. The molecule has 1 aliphatic carbocycles. The van der Waals surface area contributed by atoms with Crippen LogP contribution >= 0.6 is 0 Å². The Labute approximate surface area is 356 Å². The number of imidazole rings is 1.